The number of nitrogens with two attached hydrogens (primary N) is 1. The summed E-state index contributed by atoms with van der Waals surface area (Å²) in [5, 5.41) is 3.68. The molecular weight excluding hydrogens is 372 g/mol. The number of hydrogen-bond acceptors (Lipinski definition) is 6. The number of H-pyrrole nitrogens is 1. The van der Waals surface area contributed by atoms with Crippen LogP contribution in [0.3, 0.4) is 0 Å². The molecule has 8 heteroatoms. The molecule has 0 spiro atoms. The third-order valence-electron chi connectivity index (χ3n) is 4.83. The number of nitrogens with zero attached hydrogens (tertiary/aromatic N) is 1. The number of benzene rings is 1. The maximum Gasteiger partial charge on any atom is 0.328 e. The number of aromatic amines is 1. The highest BCUT2D eigenvalue weighted by molar-refractivity contribution is 5.95. The highest BCUT2D eigenvalue weighted by Crippen LogP contribution is 2.20. The number of carbonyl (C=O) groups is 2. The SMILES string of the molecule is CCCCC(N)c1nc(C(=O)NC(Cc2c[nH]c3ccccc23)C(=O)OC)co1. The van der Waals surface area contributed by atoms with Crippen LogP contribution in [0.1, 0.15) is 54.2 Å². The van der Waals surface area contributed by atoms with E-state index in [0.717, 1.165) is 35.7 Å². The van der Waals surface area contributed by atoms with E-state index in [1.54, 1.807) is 0 Å². The predicted octanol–water partition coefficient (Wildman–Crippen LogP) is 2.86. The van der Waals surface area contributed by atoms with Gasteiger partial charge in [-0.3, -0.25) is 4.79 Å². The Kier molecular flexibility index (Phi) is 6.66. The summed E-state index contributed by atoms with van der Waals surface area (Å²) in [7, 11) is 1.29. The Morgan fingerprint density at radius 3 is 2.90 bits per heavy atom. The molecule has 1 amide bonds. The molecule has 0 aliphatic heterocycles. The van der Waals surface area contributed by atoms with Crippen LogP contribution in [0.25, 0.3) is 10.9 Å². The maximum atomic E-state index is 12.6. The van der Waals surface area contributed by atoms with Gasteiger partial charge in [0.1, 0.15) is 12.3 Å². The van der Waals surface area contributed by atoms with Crippen LogP contribution in [0.2, 0.25) is 0 Å². The monoisotopic (exact) mass is 398 g/mol. The van der Waals surface area contributed by atoms with Crippen molar-refractivity contribution < 1.29 is 18.7 Å². The topological polar surface area (TPSA) is 123 Å². The average molecular weight is 398 g/mol. The minimum atomic E-state index is -0.861. The number of rotatable bonds is 9. The zero-order valence-electron chi connectivity index (χ0n) is 16.6. The highest BCUT2D eigenvalue weighted by Gasteiger charge is 2.25. The zero-order valence-corrected chi connectivity index (χ0v) is 16.6. The summed E-state index contributed by atoms with van der Waals surface area (Å²) in [6, 6.07) is 6.53. The average Bonchev–Trinajstić information content (AvgIpc) is 3.39. The molecule has 0 saturated carbocycles. The molecule has 0 saturated heterocycles. The van der Waals surface area contributed by atoms with Gasteiger partial charge in [-0.1, -0.05) is 38.0 Å². The Hall–Kier alpha value is -3.13. The van der Waals surface area contributed by atoms with Crippen LogP contribution in [0.5, 0.6) is 0 Å². The minimum Gasteiger partial charge on any atom is -0.467 e. The van der Waals surface area contributed by atoms with Crippen LogP contribution in [0, 0.1) is 0 Å². The number of carbonyl (C=O) groups excluding carboxylic acids is 2. The number of esters is 1. The van der Waals surface area contributed by atoms with Crippen molar-refractivity contribution in [1.82, 2.24) is 15.3 Å². The molecule has 1 aromatic carbocycles. The number of hydrogen-bond donors (Lipinski definition) is 3. The summed E-state index contributed by atoms with van der Waals surface area (Å²) < 4.78 is 10.2. The van der Waals surface area contributed by atoms with Gasteiger partial charge < -0.3 is 25.2 Å². The quantitative estimate of drug-likeness (QED) is 0.476. The summed E-state index contributed by atoms with van der Waals surface area (Å²) in [5.41, 5.74) is 7.99. The van der Waals surface area contributed by atoms with Crippen molar-refractivity contribution in [2.75, 3.05) is 7.11 Å². The first-order valence-corrected chi connectivity index (χ1v) is 9.68. The molecule has 3 rings (SSSR count). The van der Waals surface area contributed by atoms with E-state index in [-0.39, 0.29) is 18.2 Å². The van der Waals surface area contributed by atoms with Gasteiger partial charge in [0.25, 0.3) is 5.91 Å². The lowest BCUT2D eigenvalue weighted by molar-refractivity contribution is -0.142. The number of aromatic nitrogens is 2. The van der Waals surface area contributed by atoms with E-state index < -0.39 is 17.9 Å². The number of oxazole rings is 1. The van der Waals surface area contributed by atoms with Gasteiger partial charge in [0, 0.05) is 23.5 Å². The molecule has 29 heavy (non-hydrogen) atoms. The molecule has 0 aliphatic rings. The van der Waals surface area contributed by atoms with Gasteiger partial charge in [-0.15, -0.1) is 0 Å². The fraction of sp³-hybridized carbons (Fsp3) is 0.381. The molecule has 0 fully saturated rings. The fourth-order valence-corrected chi connectivity index (χ4v) is 3.20. The fourth-order valence-electron chi connectivity index (χ4n) is 3.20. The van der Waals surface area contributed by atoms with Gasteiger partial charge in [0.05, 0.1) is 13.2 Å². The number of nitrogens with one attached hydrogen (secondary N) is 2. The smallest absolute Gasteiger partial charge is 0.328 e. The largest absolute Gasteiger partial charge is 0.467 e. The first-order chi connectivity index (χ1) is 14.0. The Balaban J connectivity index is 1.73. The van der Waals surface area contributed by atoms with Crippen molar-refractivity contribution in [3.8, 4) is 0 Å². The van der Waals surface area contributed by atoms with Gasteiger partial charge in [0.15, 0.2) is 5.69 Å². The van der Waals surface area contributed by atoms with Gasteiger partial charge in [-0.25, -0.2) is 9.78 Å². The number of methoxy groups -OCH3 is 1. The Labute approximate surface area is 168 Å². The molecular formula is C21H26N4O4. The lowest BCUT2D eigenvalue weighted by Gasteiger charge is -2.15. The second kappa shape index (κ2) is 9.38. The van der Waals surface area contributed by atoms with E-state index in [0.29, 0.717) is 5.89 Å². The molecule has 2 heterocycles. The van der Waals surface area contributed by atoms with E-state index in [9.17, 15) is 9.59 Å². The Bertz CT molecular complexity index is 978. The van der Waals surface area contributed by atoms with Crippen LogP contribution < -0.4 is 11.1 Å². The molecule has 0 radical (unpaired) electrons. The third-order valence-corrected chi connectivity index (χ3v) is 4.83. The lowest BCUT2D eigenvalue weighted by atomic mass is 10.0. The minimum absolute atomic E-state index is 0.0831. The van der Waals surface area contributed by atoms with Crippen molar-refractivity contribution in [3.63, 3.8) is 0 Å². The molecule has 8 nitrogen and oxygen atoms in total. The normalized spacial score (nSPS) is 13.2. The Morgan fingerprint density at radius 2 is 2.14 bits per heavy atom. The number of para-hydroxylation sites is 1. The van der Waals surface area contributed by atoms with E-state index in [1.807, 2.05) is 30.5 Å². The van der Waals surface area contributed by atoms with Crippen molar-refractivity contribution in [3.05, 3.63) is 53.9 Å². The molecule has 2 atom stereocenters. The highest BCUT2D eigenvalue weighted by atomic mass is 16.5. The zero-order chi connectivity index (χ0) is 20.8. The van der Waals surface area contributed by atoms with Gasteiger partial charge in [-0.2, -0.15) is 0 Å². The van der Waals surface area contributed by atoms with Crippen LogP contribution in [-0.2, 0) is 16.0 Å². The predicted molar refractivity (Wildman–Crippen MR) is 108 cm³/mol. The summed E-state index contributed by atoms with van der Waals surface area (Å²) >= 11 is 0. The number of unbranched alkanes of at least 4 members (excludes halogenated alkanes) is 1. The van der Waals surface area contributed by atoms with Gasteiger partial charge in [0.2, 0.25) is 5.89 Å². The van der Waals surface area contributed by atoms with Gasteiger partial charge in [-0.05, 0) is 18.1 Å². The van der Waals surface area contributed by atoms with Crippen molar-refractivity contribution in [1.29, 1.82) is 0 Å². The first-order valence-electron chi connectivity index (χ1n) is 9.68. The van der Waals surface area contributed by atoms with E-state index in [1.165, 1.54) is 13.4 Å². The van der Waals surface area contributed by atoms with Gasteiger partial charge >= 0.3 is 5.97 Å². The van der Waals surface area contributed by atoms with Crippen molar-refractivity contribution >= 4 is 22.8 Å². The molecule has 4 N–H and O–H groups in total. The third kappa shape index (κ3) is 4.83. The second-order valence-corrected chi connectivity index (χ2v) is 6.93. The van der Waals surface area contributed by atoms with Crippen LogP contribution in [0.4, 0.5) is 0 Å². The maximum absolute atomic E-state index is 12.6. The second-order valence-electron chi connectivity index (χ2n) is 6.93. The molecule has 154 valence electrons. The number of amides is 1. The first kappa shape index (κ1) is 20.6. The molecule has 0 aliphatic carbocycles. The van der Waals surface area contributed by atoms with Crippen molar-refractivity contribution in [2.24, 2.45) is 5.73 Å². The van der Waals surface area contributed by atoms with Crippen molar-refractivity contribution in [2.45, 2.75) is 44.7 Å². The lowest BCUT2D eigenvalue weighted by Crippen LogP contribution is -2.43. The molecule has 2 unspecified atom stereocenters. The van der Waals surface area contributed by atoms with Crippen LogP contribution in [-0.4, -0.2) is 35.0 Å². The molecule has 0 bridgehead atoms. The standard InChI is InChI=1S/C21H26N4O4/c1-3-4-8-15(22)20-25-18(12-29-20)19(26)24-17(21(27)28-2)10-13-11-23-16-9-6-5-7-14(13)16/h5-7,9,11-12,15,17,23H,3-4,8,10,22H2,1-2H3,(H,24,26). The summed E-state index contributed by atoms with van der Waals surface area (Å²) in [6.07, 6.45) is 6.05. The number of ether oxygens (including phenoxy) is 1. The Morgan fingerprint density at radius 1 is 1.34 bits per heavy atom. The van der Waals surface area contributed by atoms with E-state index in [4.69, 9.17) is 14.9 Å². The van der Waals surface area contributed by atoms with Crippen LogP contribution >= 0.6 is 0 Å². The van der Waals surface area contributed by atoms with E-state index in [2.05, 4.69) is 22.2 Å². The van der Waals surface area contributed by atoms with Crippen LogP contribution in [0.15, 0.2) is 41.1 Å². The molecule has 2 aromatic heterocycles. The summed E-state index contributed by atoms with van der Waals surface area (Å²) in [6.45, 7) is 2.07. The summed E-state index contributed by atoms with van der Waals surface area (Å²) in [5.74, 6) is -0.736. The van der Waals surface area contributed by atoms with E-state index >= 15 is 0 Å². The summed E-state index contributed by atoms with van der Waals surface area (Å²) in [4.78, 5) is 32.2. The number of fused-ring (bicyclic) bond motifs is 1. The molecule has 3 aromatic rings.